The van der Waals surface area contributed by atoms with Crippen LogP contribution in [-0.2, 0) is 0 Å². The molecule has 2 aromatic rings. The summed E-state index contributed by atoms with van der Waals surface area (Å²) < 4.78 is 15.7. The fourth-order valence-electron chi connectivity index (χ4n) is 1.93. The molecule has 2 rings (SSSR count). The Labute approximate surface area is 134 Å². The molecule has 0 aromatic heterocycles. The average Bonchev–Trinajstić information content (AvgIpc) is 2.54. The molecule has 0 saturated carbocycles. The first-order valence-corrected chi connectivity index (χ1v) is 6.91. The van der Waals surface area contributed by atoms with Gasteiger partial charge in [-0.2, -0.15) is 5.10 Å². The lowest BCUT2D eigenvalue weighted by atomic mass is 10.2. The molecule has 0 amide bonds. The summed E-state index contributed by atoms with van der Waals surface area (Å²) >= 11 is 6.06. The molecule has 6 heteroatoms. The Bertz CT molecular complexity index is 674. The summed E-state index contributed by atoms with van der Waals surface area (Å²) in [5, 5.41) is 4.70. The maximum atomic E-state index is 6.06. The Morgan fingerprint density at radius 2 is 1.77 bits per heavy atom. The van der Waals surface area contributed by atoms with Crippen LogP contribution in [0.5, 0.6) is 17.2 Å². The molecule has 0 radical (unpaired) electrons. The van der Waals surface area contributed by atoms with E-state index in [1.54, 1.807) is 39.7 Å². The van der Waals surface area contributed by atoms with E-state index >= 15 is 0 Å². The van der Waals surface area contributed by atoms with E-state index in [9.17, 15) is 0 Å². The van der Waals surface area contributed by atoms with Gasteiger partial charge in [0.2, 0.25) is 0 Å². The maximum absolute atomic E-state index is 6.06. The van der Waals surface area contributed by atoms with Crippen LogP contribution in [0.15, 0.2) is 41.5 Å². The lowest BCUT2D eigenvalue weighted by Crippen LogP contribution is -1.97. The minimum absolute atomic E-state index is 0.515. The number of hydrazone groups is 1. The maximum Gasteiger partial charge on any atom is 0.169 e. The van der Waals surface area contributed by atoms with Crippen molar-refractivity contribution in [1.29, 1.82) is 0 Å². The summed E-state index contributed by atoms with van der Waals surface area (Å²) in [7, 11) is 4.75. The monoisotopic (exact) mass is 320 g/mol. The van der Waals surface area contributed by atoms with Gasteiger partial charge in [0, 0.05) is 5.56 Å². The second-order valence-corrected chi connectivity index (χ2v) is 4.71. The van der Waals surface area contributed by atoms with Gasteiger partial charge in [0.25, 0.3) is 0 Å². The SMILES string of the molecule is COc1ccc(N/N=C/c2cccc(OC)c2OC)cc1Cl. The first-order valence-electron chi connectivity index (χ1n) is 6.53. The van der Waals surface area contributed by atoms with Crippen molar-refractivity contribution in [1.82, 2.24) is 0 Å². The second-order valence-electron chi connectivity index (χ2n) is 4.30. The van der Waals surface area contributed by atoms with Gasteiger partial charge >= 0.3 is 0 Å². The highest BCUT2D eigenvalue weighted by atomic mass is 35.5. The van der Waals surface area contributed by atoms with E-state index in [-0.39, 0.29) is 0 Å². The molecule has 0 fully saturated rings. The van der Waals surface area contributed by atoms with Crippen LogP contribution in [-0.4, -0.2) is 27.5 Å². The van der Waals surface area contributed by atoms with E-state index in [2.05, 4.69) is 10.5 Å². The number of nitrogens with zero attached hydrogens (tertiary/aromatic N) is 1. The van der Waals surface area contributed by atoms with Gasteiger partial charge in [-0.25, -0.2) is 0 Å². The highest BCUT2D eigenvalue weighted by Gasteiger charge is 2.07. The van der Waals surface area contributed by atoms with Crippen LogP contribution in [0.4, 0.5) is 5.69 Å². The Morgan fingerprint density at radius 1 is 1.00 bits per heavy atom. The Morgan fingerprint density at radius 3 is 2.41 bits per heavy atom. The molecule has 0 saturated heterocycles. The zero-order valence-electron chi connectivity index (χ0n) is 12.6. The van der Waals surface area contributed by atoms with Crippen molar-refractivity contribution in [3.8, 4) is 17.2 Å². The van der Waals surface area contributed by atoms with Crippen molar-refractivity contribution >= 4 is 23.5 Å². The highest BCUT2D eigenvalue weighted by molar-refractivity contribution is 6.32. The zero-order valence-corrected chi connectivity index (χ0v) is 13.3. The lowest BCUT2D eigenvalue weighted by molar-refractivity contribution is 0.354. The number of hydrogen-bond donors (Lipinski definition) is 1. The van der Waals surface area contributed by atoms with Crippen LogP contribution in [0, 0.1) is 0 Å². The molecule has 0 unspecified atom stereocenters. The van der Waals surface area contributed by atoms with Crippen molar-refractivity contribution in [2.45, 2.75) is 0 Å². The molecular formula is C16H17ClN2O3. The van der Waals surface area contributed by atoms with Crippen LogP contribution >= 0.6 is 11.6 Å². The molecular weight excluding hydrogens is 304 g/mol. The Hall–Kier alpha value is -2.40. The molecule has 0 spiro atoms. The number of hydrogen-bond acceptors (Lipinski definition) is 5. The number of methoxy groups -OCH3 is 3. The van der Waals surface area contributed by atoms with Crippen molar-refractivity contribution < 1.29 is 14.2 Å². The molecule has 0 bridgehead atoms. The van der Waals surface area contributed by atoms with Crippen LogP contribution in [0.25, 0.3) is 0 Å². The molecule has 5 nitrogen and oxygen atoms in total. The summed E-state index contributed by atoms with van der Waals surface area (Å²) in [5.74, 6) is 1.90. The summed E-state index contributed by atoms with van der Waals surface area (Å²) in [6.07, 6.45) is 1.65. The minimum Gasteiger partial charge on any atom is -0.495 e. The minimum atomic E-state index is 0.515. The summed E-state index contributed by atoms with van der Waals surface area (Å²) in [4.78, 5) is 0. The van der Waals surface area contributed by atoms with E-state index < -0.39 is 0 Å². The standard InChI is InChI=1S/C16H17ClN2O3/c1-20-14-8-7-12(9-13(14)17)19-18-10-11-5-4-6-15(21-2)16(11)22-3/h4-10,19H,1-3H3/b18-10+. The number of ether oxygens (including phenoxy) is 3. The predicted octanol–water partition coefficient (Wildman–Crippen LogP) is 3.81. The quantitative estimate of drug-likeness (QED) is 0.649. The number of benzene rings is 2. The van der Waals surface area contributed by atoms with Gasteiger partial charge in [-0.15, -0.1) is 0 Å². The first kappa shape index (κ1) is 16.0. The van der Waals surface area contributed by atoms with Crippen LogP contribution in [0.1, 0.15) is 5.56 Å². The molecule has 22 heavy (non-hydrogen) atoms. The van der Waals surface area contributed by atoms with E-state index in [1.165, 1.54) is 0 Å². The normalized spacial score (nSPS) is 10.5. The fraction of sp³-hybridized carbons (Fsp3) is 0.188. The molecule has 2 aromatic carbocycles. The molecule has 0 aliphatic heterocycles. The molecule has 0 atom stereocenters. The topological polar surface area (TPSA) is 52.1 Å². The molecule has 0 aliphatic rings. The average molecular weight is 321 g/mol. The number of rotatable bonds is 6. The summed E-state index contributed by atoms with van der Waals surface area (Å²) in [6.45, 7) is 0. The van der Waals surface area contributed by atoms with E-state index in [0.29, 0.717) is 22.3 Å². The Kier molecular flexibility index (Phi) is 5.49. The van der Waals surface area contributed by atoms with E-state index in [1.807, 2.05) is 24.3 Å². The van der Waals surface area contributed by atoms with Crippen molar-refractivity contribution in [2.75, 3.05) is 26.8 Å². The van der Waals surface area contributed by atoms with Gasteiger partial charge in [0.05, 0.1) is 38.3 Å². The summed E-state index contributed by atoms with van der Waals surface area (Å²) in [5.41, 5.74) is 4.46. The molecule has 1 N–H and O–H groups in total. The van der Waals surface area contributed by atoms with Crippen molar-refractivity contribution in [3.63, 3.8) is 0 Å². The third-order valence-electron chi connectivity index (χ3n) is 2.98. The third kappa shape index (κ3) is 3.62. The largest absolute Gasteiger partial charge is 0.495 e. The first-order chi connectivity index (χ1) is 10.7. The van der Waals surface area contributed by atoms with Crippen LogP contribution in [0.3, 0.4) is 0 Å². The van der Waals surface area contributed by atoms with Gasteiger partial charge in [-0.05, 0) is 30.3 Å². The summed E-state index contributed by atoms with van der Waals surface area (Å²) in [6, 6.07) is 10.9. The van der Waals surface area contributed by atoms with Gasteiger partial charge in [-0.3, -0.25) is 5.43 Å². The smallest absolute Gasteiger partial charge is 0.169 e. The third-order valence-corrected chi connectivity index (χ3v) is 3.28. The fourth-order valence-corrected chi connectivity index (χ4v) is 2.18. The van der Waals surface area contributed by atoms with Crippen LogP contribution < -0.4 is 19.6 Å². The number of halogens is 1. The predicted molar refractivity (Wildman–Crippen MR) is 88.8 cm³/mol. The van der Waals surface area contributed by atoms with Crippen molar-refractivity contribution in [2.24, 2.45) is 5.10 Å². The molecule has 0 aliphatic carbocycles. The van der Waals surface area contributed by atoms with Gasteiger partial charge in [-0.1, -0.05) is 17.7 Å². The van der Waals surface area contributed by atoms with Gasteiger partial charge in [0.1, 0.15) is 5.75 Å². The molecule has 116 valence electrons. The lowest BCUT2D eigenvalue weighted by Gasteiger charge is -2.09. The van der Waals surface area contributed by atoms with E-state index in [4.69, 9.17) is 25.8 Å². The molecule has 0 heterocycles. The van der Waals surface area contributed by atoms with Gasteiger partial charge in [0.15, 0.2) is 11.5 Å². The zero-order chi connectivity index (χ0) is 15.9. The van der Waals surface area contributed by atoms with E-state index in [0.717, 1.165) is 11.3 Å². The Balaban J connectivity index is 2.14. The van der Waals surface area contributed by atoms with Crippen LogP contribution in [0.2, 0.25) is 5.02 Å². The highest BCUT2D eigenvalue weighted by Crippen LogP contribution is 2.30. The second kappa shape index (κ2) is 7.56. The number of anilines is 1. The number of nitrogens with one attached hydrogen (secondary N) is 1. The number of para-hydroxylation sites is 1. The van der Waals surface area contributed by atoms with Gasteiger partial charge < -0.3 is 14.2 Å². The van der Waals surface area contributed by atoms with Crippen molar-refractivity contribution in [3.05, 3.63) is 47.0 Å².